The van der Waals surface area contributed by atoms with E-state index >= 15 is 0 Å². The molecule has 0 bridgehead atoms. The molecule has 2 nitrogen and oxygen atoms in total. The smallest absolute Gasteiger partial charge is 0.0450 e. The lowest BCUT2D eigenvalue weighted by Crippen LogP contribution is -2.39. The topological polar surface area (TPSA) is 38.9 Å². The molecule has 1 aromatic heterocycles. The molecule has 1 aliphatic rings. The monoisotopic (exact) mass is 176 g/mol. The molecule has 1 fully saturated rings. The fourth-order valence-corrected chi connectivity index (χ4v) is 2.27. The molecular weight excluding hydrogens is 160 g/mol. The largest absolute Gasteiger partial charge is 0.321 e. The lowest BCUT2D eigenvalue weighted by atomic mass is 9.83. The summed E-state index contributed by atoms with van der Waals surface area (Å²) in [7, 11) is 0. The van der Waals surface area contributed by atoms with E-state index in [-0.39, 0.29) is 5.54 Å². The number of hydrogen-bond donors (Lipinski definition) is 1. The zero-order chi connectivity index (χ0) is 9.31. The molecule has 1 saturated carbocycles. The first-order chi connectivity index (χ1) is 6.23. The van der Waals surface area contributed by atoms with E-state index in [0.717, 1.165) is 6.42 Å². The van der Waals surface area contributed by atoms with Crippen molar-refractivity contribution in [1.29, 1.82) is 0 Å². The van der Waals surface area contributed by atoms with Gasteiger partial charge in [0, 0.05) is 17.9 Å². The van der Waals surface area contributed by atoms with Gasteiger partial charge in [0.25, 0.3) is 0 Å². The lowest BCUT2D eigenvalue weighted by molar-refractivity contribution is 0.348. The zero-order valence-corrected chi connectivity index (χ0v) is 8.03. The van der Waals surface area contributed by atoms with Gasteiger partial charge >= 0.3 is 0 Å². The number of aromatic nitrogens is 1. The average Bonchev–Trinajstić information content (AvgIpc) is 2.50. The Balaban J connectivity index is 2.34. The van der Waals surface area contributed by atoms with Crippen LogP contribution in [0.4, 0.5) is 0 Å². The maximum atomic E-state index is 6.38. The predicted octanol–water partition coefficient (Wildman–Crippen LogP) is 2.06. The summed E-state index contributed by atoms with van der Waals surface area (Å²) in [6.07, 6.45) is 7.28. The fraction of sp³-hybridized carbons (Fsp3) is 0.545. The molecule has 2 rings (SSSR count). The predicted molar refractivity (Wildman–Crippen MR) is 53.1 cm³/mol. The fourth-order valence-electron chi connectivity index (χ4n) is 2.27. The molecule has 2 N–H and O–H groups in total. The van der Waals surface area contributed by atoms with Crippen molar-refractivity contribution in [2.75, 3.05) is 0 Å². The van der Waals surface area contributed by atoms with E-state index in [1.807, 2.05) is 12.3 Å². The van der Waals surface area contributed by atoms with Gasteiger partial charge in [-0.25, -0.2) is 0 Å². The van der Waals surface area contributed by atoms with Crippen LogP contribution in [0.3, 0.4) is 0 Å². The van der Waals surface area contributed by atoms with Crippen LogP contribution >= 0.6 is 0 Å². The van der Waals surface area contributed by atoms with E-state index < -0.39 is 0 Å². The van der Waals surface area contributed by atoms with Gasteiger partial charge in [0.05, 0.1) is 0 Å². The maximum Gasteiger partial charge on any atom is 0.0450 e. The van der Waals surface area contributed by atoms with Crippen LogP contribution in [-0.4, -0.2) is 4.98 Å². The van der Waals surface area contributed by atoms with Crippen LogP contribution in [0.2, 0.25) is 0 Å². The van der Waals surface area contributed by atoms with Crippen molar-refractivity contribution in [2.45, 2.75) is 31.7 Å². The lowest BCUT2D eigenvalue weighted by Gasteiger charge is -2.29. The van der Waals surface area contributed by atoms with Gasteiger partial charge in [-0.1, -0.05) is 19.4 Å². The van der Waals surface area contributed by atoms with E-state index in [1.165, 1.54) is 18.4 Å². The van der Waals surface area contributed by atoms with Gasteiger partial charge < -0.3 is 5.73 Å². The summed E-state index contributed by atoms with van der Waals surface area (Å²) < 4.78 is 0. The van der Waals surface area contributed by atoms with Gasteiger partial charge in [-0.15, -0.1) is 0 Å². The number of nitrogens with zero attached hydrogens (tertiary/aromatic N) is 1. The molecule has 2 heteroatoms. The standard InChI is InChI=1S/C11H16N2/c1-9-4-2-6-11(9,12)10-5-3-7-13-8-10/h3,5,7-9H,2,4,6,12H2,1H3. The molecule has 0 amide bonds. The molecule has 2 unspecified atom stereocenters. The minimum absolute atomic E-state index is 0.117. The van der Waals surface area contributed by atoms with Crippen LogP contribution in [0.25, 0.3) is 0 Å². The third-order valence-corrected chi connectivity index (χ3v) is 3.31. The molecule has 2 atom stereocenters. The first-order valence-corrected chi connectivity index (χ1v) is 4.93. The minimum atomic E-state index is -0.117. The highest BCUT2D eigenvalue weighted by molar-refractivity contribution is 5.22. The van der Waals surface area contributed by atoms with Gasteiger partial charge in [0.1, 0.15) is 0 Å². The van der Waals surface area contributed by atoms with E-state index in [4.69, 9.17) is 5.73 Å². The molecular formula is C11H16N2. The molecule has 1 aromatic rings. The molecule has 1 heterocycles. The Bertz CT molecular complexity index is 283. The zero-order valence-electron chi connectivity index (χ0n) is 8.03. The van der Waals surface area contributed by atoms with Crippen molar-refractivity contribution in [3.63, 3.8) is 0 Å². The summed E-state index contributed by atoms with van der Waals surface area (Å²) in [4.78, 5) is 4.13. The van der Waals surface area contributed by atoms with E-state index in [0.29, 0.717) is 5.92 Å². The van der Waals surface area contributed by atoms with Gasteiger partial charge in [-0.2, -0.15) is 0 Å². The Labute approximate surface area is 79.2 Å². The Kier molecular flexibility index (Phi) is 2.08. The first kappa shape index (κ1) is 8.70. The second-order valence-electron chi connectivity index (χ2n) is 4.08. The second-order valence-corrected chi connectivity index (χ2v) is 4.08. The third kappa shape index (κ3) is 1.35. The molecule has 13 heavy (non-hydrogen) atoms. The Morgan fingerprint density at radius 1 is 1.62 bits per heavy atom. The Hall–Kier alpha value is -0.890. The minimum Gasteiger partial charge on any atom is -0.321 e. The normalized spacial score (nSPS) is 33.5. The second kappa shape index (κ2) is 3.11. The third-order valence-electron chi connectivity index (χ3n) is 3.31. The van der Waals surface area contributed by atoms with Crippen LogP contribution in [0.15, 0.2) is 24.5 Å². The number of rotatable bonds is 1. The van der Waals surface area contributed by atoms with Crippen molar-refractivity contribution in [3.05, 3.63) is 30.1 Å². The highest BCUT2D eigenvalue weighted by Crippen LogP contribution is 2.40. The Morgan fingerprint density at radius 3 is 3.00 bits per heavy atom. The highest BCUT2D eigenvalue weighted by Gasteiger charge is 2.37. The van der Waals surface area contributed by atoms with E-state index in [2.05, 4.69) is 18.0 Å². The summed E-state index contributed by atoms with van der Waals surface area (Å²) in [5.74, 6) is 0.580. The molecule has 0 aliphatic heterocycles. The van der Waals surface area contributed by atoms with E-state index in [9.17, 15) is 0 Å². The summed E-state index contributed by atoms with van der Waals surface area (Å²) in [6.45, 7) is 2.24. The molecule has 1 aliphatic carbocycles. The van der Waals surface area contributed by atoms with Crippen LogP contribution in [0.1, 0.15) is 31.7 Å². The van der Waals surface area contributed by atoms with Gasteiger partial charge in [0.15, 0.2) is 0 Å². The summed E-state index contributed by atoms with van der Waals surface area (Å²) in [5, 5.41) is 0. The van der Waals surface area contributed by atoms with Gasteiger partial charge in [-0.05, 0) is 30.4 Å². The van der Waals surface area contributed by atoms with Crippen molar-refractivity contribution in [3.8, 4) is 0 Å². The van der Waals surface area contributed by atoms with E-state index in [1.54, 1.807) is 6.20 Å². The average molecular weight is 176 g/mol. The number of hydrogen-bond acceptors (Lipinski definition) is 2. The van der Waals surface area contributed by atoms with Crippen molar-refractivity contribution < 1.29 is 0 Å². The number of pyridine rings is 1. The summed E-state index contributed by atoms with van der Waals surface area (Å²) in [5.41, 5.74) is 7.46. The SMILES string of the molecule is CC1CCCC1(N)c1cccnc1. The van der Waals surface area contributed by atoms with Gasteiger partial charge in [0.2, 0.25) is 0 Å². The van der Waals surface area contributed by atoms with Crippen molar-refractivity contribution >= 4 is 0 Å². The molecule has 0 radical (unpaired) electrons. The van der Waals surface area contributed by atoms with Gasteiger partial charge in [-0.3, -0.25) is 4.98 Å². The molecule has 0 saturated heterocycles. The first-order valence-electron chi connectivity index (χ1n) is 4.93. The molecule has 0 spiro atoms. The summed E-state index contributed by atoms with van der Waals surface area (Å²) >= 11 is 0. The maximum absolute atomic E-state index is 6.38. The summed E-state index contributed by atoms with van der Waals surface area (Å²) in [6, 6.07) is 4.06. The van der Waals surface area contributed by atoms with Crippen molar-refractivity contribution in [1.82, 2.24) is 4.98 Å². The van der Waals surface area contributed by atoms with Crippen LogP contribution in [0.5, 0.6) is 0 Å². The molecule has 70 valence electrons. The quantitative estimate of drug-likeness (QED) is 0.711. The Morgan fingerprint density at radius 2 is 2.46 bits per heavy atom. The van der Waals surface area contributed by atoms with Crippen molar-refractivity contribution in [2.24, 2.45) is 11.7 Å². The van der Waals surface area contributed by atoms with Crippen LogP contribution in [0, 0.1) is 5.92 Å². The highest BCUT2D eigenvalue weighted by atomic mass is 14.8. The molecule has 0 aromatic carbocycles. The number of nitrogens with two attached hydrogens (primary N) is 1. The van der Waals surface area contributed by atoms with Crippen LogP contribution in [-0.2, 0) is 5.54 Å². The van der Waals surface area contributed by atoms with Crippen LogP contribution < -0.4 is 5.73 Å².